The third-order valence-corrected chi connectivity index (χ3v) is 4.57. The average Bonchev–Trinajstić information content (AvgIpc) is 2.39. The largest absolute Gasteiger partial charge is 0.503 e. The lowest BCUT2D eigenvalue weighted by Gasteiger charge is -2.15. The van der Waals surface area contributed by atoms with E-state index in [-0.39, 0.29) is 17.4 Å². The zero-order valence-electron chi connectivity index (χ0n) is 12.0. The van der Waals surface area contributed by atoms with Gasteiger partial charge in [-0.05, 0) is 29.6 Å². The Kier molecular flexibility index (Phi) is 7.09. The molecule has 0 radical (unpaired) electrons. The van der Waals surface area contributed by atoms with Gasteiger partial charge in [-0.1, -0.05) is 13.8 Å². The highest BCUT2D eigenvalue weighted by molar-refractivity contribution is 7.99. The van der Waals surface area contributed by atoms with Crippen LogP contribution >= 0.6 is 23.5 Å². The Hall–Kier alpha value is -1.01. The fourth-order valence-corrected chi connectivity index (χ4v) is 3.44. The van der Waals surface area contributed by atoms with Gasteiger partial charge in [0, 0.05) is 13.5 Å². The third kappa shape index (κ3) is 4.52. The van der Waals surface area contributed by atoms with Crippen LogP contribution in [0.3, 0.4) is 0 Å². The van der Waals surface area contributed by atoms with Crippen molar-refractivity contribution in [3.8, 4) is 11.5 Å². The van der Waals surface area contributed by atoms with Gasteiger partial charge in [-0.15, -0.1) is 23.5 Å². The van der Waals surface area contributed by atoms with Gasteiger partial charge in [-0.2, -0.15) is 0 Å². The molecule has 3 N–H and O–H groups in total. The van der Waals surface area contributed by atoms with Crippen molar-refractivity contribution in [1.29, 1.82) is 0 Å². The molecule has 6 heteroatoms. The molecule has 0 aliphatic heterocycles. The molecule has 0 saturated heterocycles. The summed E-state index contributed by atoms with van der Waals surface area (Å²) < 4.78 is 0. The molecule has 0 fully saturated rings. The monoisotopic (exact) mass is 315 g/mol. The van der Waals surface area contributed by atoms with E-state index in [2.05, 4.69) is 5.32 Å². The average molecular weight is 315 g/mol. The van der Waals surface area contributed by atoms with Gasteiger partial charge in [0.2, 0.25) is 5.91 Å². The van der Waals surface area contributed by atoms with Crippen LogP contribution in [0.2, 0.25) is 0 Å². The standard InChI is InChI=1S/C14H21NO3S2/c1-4-19-11-8-10(6-7-15-9(3)16)14(20-5-2)13(18)12(11)17/h8,17-18H,4-7H2,1-3H3,(H,15,16). The number of benzene rings is 1. The molecule has 1 rings (SSSR count). The molecule has 0 unspecified atom stereocenters. The first-order chi connectivity index (χ1) is 9.51. The van der Waals surface area contributed by atoms with Gasteiger partial charge in [-0.25, -0.2) is 0 Å². The number of rotatable bonds is 7. The number of amides is 1. The second-order valence-electron chi connectivity index (χ2n) is 4.16. The molecule has 4 nitrogen and oxygen atoms in total. The van der Waals surface area contributed by atoms with E-state index < -0.39 is 0 Å². The van der Waals surface area contributed by atoms with Crippen LogP contribution in [0.25, 0.3) is 0 Å². The van der Waals surface area contributed by atoms with Crippen LogP contribution in [0.4, 0.5) is 0 Å². The summed E-state index contributed by atoms with van der Waals surface area (Å²) >= 11 is 2.99. The van der Waals surface area contributed by atoms with Gasteiger partial charge < -0.3 is 15.5 Å². The van der Waals surface area contributed by atoms with E-state index in [0.717, 1.165) is 17.1 Å². The second-order valence-corrected chi connectivity index (χ2v) is 6.74. The number of aromatic hydroxyl groups is 2. The minimum atomic E-state index is -0.0687. The Labute approximate surface area is 128 Å². The van der Waals surface area contributed by atoms with Crippen LogP contribution in [0.1, 0.15) is 26.3 Å². The molecule has 0 atom stereocenters. The van der Waals surface area contributed by atoms with E-state index in [1.54, 1.807) is 0 Å². The molecule has 1 aromatic rings. The van der Waals surface area contributed by atoms with Crippen LogP contribution in [0.5, 0.6) is 11.5 Å². The van der Waals surface area contributed by atoms with E-state index in [1.165, 1.54) is 30.4 Å². The molecule has 0 spiro atoms. The summed E-state index contributed by atoms with van der Waals surface area (Å²) in [7, 11) is 0. The molecule has 0 bridgehead atoms. The smallest absolute Gasteiger partial charge is 0.216 e. The fraction of sp³-hybridized carbons (Fsp3) is 0.500. The Morgan fingerprint density at radius 3 is 2.40 bits per heavy atom. The number of thioether (sulfide) groups is 2. The highest BCUT2D eigenvalue weighted by atomic mass is 32.2. The van der Waals surface area contributed by atoms with Crippen LogP contribution in [0.15, 0.2) is 15.9 Å². The Balaban J connectivity index is 3.06. The highest BCUT2D eigenvalue weighted by Gasteiger charge is 2.17. The first-order valence-electron chi connectivity index (χ1n) is 6.59. The molecule has 0 heterocycles. The lowest BCUT2D eigenvalue weighted by atomic mass is 10.1. The van der Waals surface area contributed by atoms with Crippen molar-refractivity contribution in [2.75, 3.05) is 18.1 Å². The third-order valence-electron chi connectivity index (χ3n) is 2.63. The maximum Gasteiger partial charge on any atom is 0.216 e. The number of carbonyl (C=O) groups excluding carboxylic acids is 1. The summed E-state index contributed by atoms with van der Waals surface area (Å²) in [5.74, 6) is 1.46. The number of hydrogen-bond donors (Lipinski definition) is 3. The predicted octanol–water partition coefficient (Wildman–Crippen LogP) is 3.00. The number of phenolic OH excluding ortho intramolecular Hbond substituents is 2. The van der Waals surface area contributed by atoms with E-state index in [4.69, 9.17) is 0 Å². The van der Waals surface area contributed by atoms with Crippen LogP contribution in [-0.2, 0) is 11.2 Å². The van der Waals surface area contributed by atoms with Crippen molar-refractivity contribution in [1.82, 2.24) is 5.32 Å². The zero-order valence-corrected chi connectivity index (χ0v) is 13.7. The van der Waals surface area contributed by atoms with Crippen LogP contribution in [-0.4, -0.2) is 34.2 Å². The number of carbonyl (C=O) groups is 1. The van der Waals surface area contributed by atoms with E-state index in [9.17, 15) is 15.0 Å². The lowest BCUT2D eigenvalue weighted by Crippen LogP contribution is -2.22. The van der Waals surface area contributed by atoms with Crippen molar-refractivity contribution in [3.63, 3.8) is 0 Å². The molecule has 1 amide bonds. The van der Waals surface area contributed by atoms with E-state index in [0.29, 0.717) is 22.8 Å². The van der Waals surface area contributed by atoms with Crippen molar-refractivity contribution >= 4 is 29.4 Å². The van der Waals surface area contributed by atoms with Gasteiger partial charge in [0.25, 0.3) is 0 Å². The number of nitrogens with one attached hydrogen (secondary N) is 1. The minimum absolute atomic E-state index is 0.0453. The molecule has 0 saturated carbocycles. The molecular weight excluding hydrogens is 294 g/mol. The predicted molar refractivity (Wildman–Crippen MR) is 85.0 cm³/mol. The van der Waals surface area contributed by atoms with Crippen LogP contribution < -0.4 is 5.32 Å². The summed E-state index contributed by atoms with van der Waals surface area (Å²) in [6.07, 6.45) is 0.632. The molecular formula is C14H21NO3S2. The summed E-state index contributed by atoms with van der Waals surface area (Å²) in [5.41, 5.74) is 0.955. The van der Waals surface area contributed by atoms with Crippen LogP contribution in [0, 0.1) is 0 Å². The fourth-order valence-electron chi connectivity index (χ4n) is 1.80. The second kappa shape index (κ2) is 8.32. The summed E-state index contributed by atoms with van der Waals surface area (Å²) in [6, 6.07) is 1.91. The molecule has 0 aliphatic carbocycles. The zero-order chi connectivity index (χ0) is 15.1. The Morgan fingerprint density at radius 2 is 1.85 bits per heavy atom. The quantitative estimate of drug-likeness (QED) is 0.533. The first-order valence-corrected chi connectivity index (χ1v) is 8.56. The maximum atomic E-state index is 10.9. The van der Waals surface area contributed by atoms with E-state index >= 15 is 0 Å². The van der Waals surface area contributed by atoms with Gasteiger partial charge in [0.05, 0.1) is 9.79 Å². The molecule has 20 heavy (non-hydrogen) atoms. The van der Waals surface area contributed by atoms with Crippen molar-refractivity contribution in [2.45, 2.75) is 37.0 Å². The molecule has 1 aromatic carbocycles. The summed E-state index contributed by atoms with van der Waals surface area (Å²) in [6.45, 7) is 5.99. The van der Waals surface area contributed by atoms with Crippen molar-refractivity contribution < 1.29 is 15.0 Å². The normalized spacial score (nSPS) is 10.6. The van der Waals surface area contributed by atoms with Gasteiger partial charge >= 0.3 is 0 Å². The maximum absolute atomic E-state index is 10.9. The summed E-state index contributed by atoms with van der Waals surface area (Å²) in [5, 5.41) is 22.9. The van der Waals surface area contributed by atoms with E-state index in [1.807, 2.05) is 19.9 Å². The SMILES string of the molecule is CCSc1cc(CCNC(C)=O)c(SCC)c(O)c1O. The van der Waals surface area contributed by atoms with Crippen molar-refractivity contribution in [2.24, 2.45) is 0 Å². The topological polar surface area (TPSA) is 69.6 Å². The Morgan fingerprint density at radius 1 is 1.20 bits per heavy atom. The number of phenols is 2. The molecule has 0 aromatic heterocycles. The number of hydrogen-bond acceptors (Lipinski definition) is 5. The van der Waals surface area contributed by atoms with Gasteiger partial charge in [-0.3, -0.25) is 4.79 Å². The molecule has 112 valence electrons. The molecule has 0 aliphatic rings. The minimum Gasteiger partial charge on any atom is -0.503 e. The highest BCUT2D eigenvalue weighted by Crippen LogP contribution is 2.44. The first kappa shape index (κ1) is 17.0. The summed E-state index contributed by atoms with van der Waals surface area (Å²) in [4.78, 5) is 12.3. The van der Waals surface area contributed by atoms with Gasteiger partial charge in [0.15, 0.2) is 11.5 Å². The lowest BCUT2D eigenvalue weighted by molar-refractivity contribution is -0.118. The van der Waals surface area contributed by atoms with Crippen molar-refractivity contribution in [3.05, 3.63) is 11.6 Å². The Bertz CT molecular complexity index is 478. The van der Waals surface area contributed by atoms with Gasteiger partial charge in [0.1, 0.15) is 0 Å².